The van der Waals surface area contributed by atoms with Crippen LogP contribution in [0.3, 0.4) is 0 Å². The molecule has 0 bridgehead atoms. The lowest BCUT2D eigenvalue weighted by atomic mass is 10.0. The Hall–Kier alpha value is -1.14. The zero-order valence-electron chi connectivity index (χ0n) is 8.11. The SMILES string of the molecule is COc1cc(C(CN)C(=O)O)c(Br)cn1. The summed E-state index contributed by atoms with van der Waals surface area (Å²) in [5.41, 5.74) is 5.97. The van der Waals surface area contributed by atoms with Crippen molar-refractivity contribution in [3.63, 3.8) is 0 Å². The molecular formula is C9H11BrN2O3. The predicted molar refractivity (Wildman–Crippen MR) is 57.9 cm³/mol. The number of halogens is 1. The number of nitrogens with zero attached hydrogens (tertiary/aromatic N) is 1. The molecule has 0 aliphatic carbocycles. The predicted octanol–water partition coefficient (Wildman–Crippen LogP) is 0.980. The number of carboxylic acids is 1. The monoisotopic (exact) mass is 274 g/mol. The highest BCUT2D eigenvalue weighted by Crippen LogP contribution is 2.26. The number of aliphatic carboxylic acids is 1. The summed E-state index contributed by atoms with van der Waals surface area (Å²) in [6.07, 6.45) is 1.50. The first-order valence-corrected chi connectivity index (χ1v) is 5.01. The van der Waals surface area contributed by atoms with E-state index in [1.807, 2.05) is 0 Å². The molecule has 1 atom stereocenters. The maximum atomic E-state index is 10.9. The molecule has 0 saturated carbocycles. The molecule has 0 aliphatic heterocycles. The Morgan fingerprint density at radius 1 is 1.80 bits per heavy atom. The molecule has 0 amide bonds. The average Bonchev–Trinajstić information content (AvgIpc) is 2.21. The lowest BCUT2D eigenvalue weighted by Crippen LogP contribution is -2.21. The van der Waals surface area contributed by atoms with Gasteiger partial charge < -0.3 is 15.6 Å². The normalized spacial score (nSPS) is 12.2. The van der Waals surface area contributed by atoms with Crippen molar-refractivity contribution in [2.24, 2.45) is 5.73 Å². The van der Waals surface area contributed by atoms with Gasteiger partial charge >= 0.3 is 5.97 Å². The Morgan fingerprint density at radius 3 is 2.93 bits per heavy atom. The molecule has 5 nitrogen and oxygen atoms in total. The van der Waals surface area contributed by atoms with Crippen molar-refractivity contribution in [1.29, 1.82) is 0 Å². The number of aromatic nitrogens is 1. The first-order chi connectivity index (χ1) is 7.10. The second-order valence-electron chi connectivity index (χ2n) is 2.87. The molecule has 3 N–H and O–H groups in total. The topological polar surface area (TPSA) is 85.4 Å². The van der Waals surface area contributed by atoms with Crippen LogP contribution in [0, 0.1) is 0 Å². The maximum Gasteiger partial charge on any atom is 0.312 e. The molecule has 1 heterocycles. The summed E-state index contributed by atoms with van der Waals surface area (Å²) in [6, 6.07) is 1.57. The van der Waals surface area contributed by atoms with Crippen molar-refractivity contribution >= 4 is 21.9 Å². The van der Waals surface area contributed by atoms with Gasteiger partial charge in [-0.15, -0.1) is 0 Å². The molecule has 0 fully saturated rings. The van der Waals surface area contributed by atoms with Gasteiger partial charge in [0, 0.05) is 23.3 Å². The van der Waals surface area contributed by atoms with E-state index in [4.69, 9.17) is 15.6 Å². The Kier molecular flexibility index (Phi) is 4.05. The summed E-state index contributed by atoms with van der Waals surface area (Å²) in [5, 5.41) is 8.95. The van der Waals surface area contributed by atoms with E-state index >= 15 is 0 Å². The Morgan fingerprint density at radius 2 is 2.47 bits per heavy atom. The van der Waals surface area contributed by atoms with Crippen LogP contribution in [0.4, 0.5) is 0 Å². The van der Waals surface area contributed by atoms with Crippen LogP contribution in [0.2, 0.25) is 0 Å². The Balaban J connectivity index is 3.15. The summed E-state index contributed by atoms with van der Waals surface area (Å²) in [5.74, 6) is -1.35. The standard InChI is InChI=1S/C9H11BrN2O3/c1-15-8-2-5(7(10)4-12-8)6(3-11)9(13)14/h2,4,6H,3,11H2,1H3,(H,13,14). The number of rotatable bonds is 4. The summed E-state index contributed by atoms with van der Waals surface area (Å²) >= 11 is 3.23. The van der Waals surface area contributed by atoms with E-state index in [1.54, 1.807) is 6.07 Å². The van der Waals surface area contributed by atoms with Gasteiger partial charge in [0.05, 0.1) is 13.0 Å². The molecular weight excluding hydrogens is 264 g/mol. The fourth-order valence-corrected chi connectivity index (χ4v) is 1.67. The summed E-state index contributed by atoms with van der Waals surface area (Å²) < 4.78 is 5.53. The molecule has 0 radical (unpaired) electrons. The molecule has 82 valence electrons. The molecule has 0 aliphatic rings. The lowest BCUT2D eigenvalue weighted by molar-refractivity contribution is -0.138. The number of ether oxygens (including phenoxy) is 1. The van der Waals surface area contributed by atoms with Gasteiger partial charge in [0.15, 0.2) is 0 Å². The molecule has 1 unspecified atom stereocenters. The number of methoxy groups -OCH3 is 1. The van der Waals surface area contributed by atoms with Crippen LogP contribution in [0.1, 0.15) is 11.5 Å². The van der Waals surface area contributed by atoms with Crippen LogP contribution >= 0.6 is 15.9 Å². The Labute approximate surface area is 95.4 Å². The zero-order chi connectivity index (χ0) is 11.4. The Bertz CT molecular complexity index is 370. The fraction of sp³-hybridized carbons (Fsp3) is 0.333. The number of pyridine rings is 1. The summed E-state index contributed by atoms with van der Waals surface area (Å²) in [4.78, 5) is 14.9. The number of nitrogens with two attached hydrogens (primary N) is 1. The van der Waals surface area contributed by atoms with E-state index in [0.29, 0.717) is 15.9 Å². The second kappa shape index (κ2) is 5.09. The van der Waals surface area contributed by atoms with Gasteiger partial charge in [-0.1, -0.05) is 0 Å². The van der Waals surface area contributed by atoms with E-state index in [1.165, 1.54) is 13.3 Å². The highest BCUT2D eigenvalue weighted by atomic mass is 79.9. The van der Waals surface area contributed by atoms with E-state index in [9.17, 15) is 4.79 Å². The minimum absolute atomic E-state index is 0.0289. The van der Waals surface area contributed by atoms with Crippen molar-refractivity contribution in [1.82, 2.24) is 4.98 Å². The third-order valence-electron chi connectivity index (χ3n) is 1.98. The maximum absolute atomic E-state index is 10.9. The van der Waals surface area contributed by atoms with Crippen molar-refractivity contribution < 1.29 is 14.6 Å². The third-order valence-corrected chi connectivity index (χ3v) is 2.64. The van der Waals surface area contributed by atoms with Gasteiger partial charge in [-0.2, -0.15) is 0 Å². The largest absolute Gasteiger partial charge is 0.481 e. The van der Waals surface area contributed by atoms with Gasteiger partial charge in [0.1, 0.15) is 0 Å². The van der Waals surface area contributed by atoms with Crippen LogP contribution in [-0.2, 0) is 4.79 Å². The molecule has 1 rings (SSSR count). The van der Waals surface area contributed by atoms with Gasteiger partial charge in [0.25, 0.3) is 0 Å². The highest BCUT2D eigenvalue weighted by molar-refractivity contribution is 9.10. The minimum Gasteiger partial charge on any atom is -0.481 e. The van der Waals surface area contributed by atoms with Crippen LogP contribution in [0.5, 0.6) is 5.88 Å². The van der Waals surface area contributed by atoms with E-state index in [-0.39, 0.29) is 6.54 Å². The van der Waals surface area contributed by atoms with Crippen molar-refractivity contribution in [3.05, 3.63) is 22.3 Å². The van der Waals surface area contributed by atoms with Gasteiger partial charge in [-0.3, -0.25) is 4.79 Å². The molecule has 15 heavy (non-hydrogen) atoms. The minimum atomic E-state index is -0.966. The van der Waals surface area contributed by atoms with Crippen LogP contribution in [0.15, 0.2) is 16.7 Å². The smallest absolute Gasteiger partial charge is 0.312 e. The van der Waals surface area contributed by atoms with E-state index in [0.717, 1.165) is 0 Å². The third kappa shape index (κ3) is 2.66. The molecule has 0 saturated heterocycles. The van der Waals surface area contributed by atoms with Crippen molar-refractivity contribution in [3.8, 4) is 5.88 Å². The van der Waals surface area contributed by atoms with E-state index in [2.05, 4.69) is 20.9 Å². The first kappa shape index (κ1) is 11.9. The zero-order valence-corrected chi connectivity index (χ0v) is 9.69. The number of carboxylic acid groups (broad SMARTS) is 1. The van der Waals surface area contributed by atoms with Crippen LogP contribution in [0.25, 0.3) is 0 Å². The van der Waals surface area contributed by atoms with Gasteiger partial charge in [-0.25, -0.2) is 4.98 Å². The summed E-state index contributed by atoms with van der Waals surface area (Å²) in [6.45, 7) is 0.0289. The fourth-order valence-electron chi connectivity index (χ4n) is 1.17. The summed E-state index contributed by atoms with van der Waals surface area (Å²) in [7, 11) is 1.47. The lowest BCUT2D eigenvalue weighted by Gasteiger charge is -2.12. The van der Waals surface area contributed by atoms with Gasteiger partial charge in [-0.05, 0) is 21.5 Å². The number of hydrogen-bond donors (Lipinski definition) is 2. The molecule has 6 heteroatoms. The van der Waals surface area contributed by atoms with Crippen molar-refractivity contribution in [2.45, 2.75) is 5.92 Å². The van der Waals surface area contributed by atoms with Crippen molar-refractivity contribution in [2.75, 3.05) is 13.7 Å². The molecule has 0 spiro atoms. The first-order valence-electron chi connectivity index (χ1n) is 4.22. The quantitative estimate of drug-likeness (QED) is 0.855. The highest BCUT2D eigenvalue weighted by Gasteiger charge is 2.21. The average molecular weight is 275 g/mol. The molecule has 1 aromatic rings. The number of hydrogen-bond acceptors (Lipinski definition) is 4. The molecule has 0 aromatic carbocycles. The second-order valence-corrected chi connectivity index (χ2v) is 3.73. The van der Waals surface area contributed by atoms with Gasteiger partial charge in [0.2, 0.25) is 5.88 Å². The number of carbonyl (C=O) groups is 1. The molecule has 1 aromatic heterocycles. The van der Waals surface area contributed by atoms with E-state index < -0.39 is 11.9 Å². The van der Waals surface area contributed by atoms with Crippen LogP contribution in [-0.4, -0.2) is 29.7 Å². The van der Waals surface area contributed by atoms with Crippen LogP contribution < -0.4 is 10.5 Å².